The fourth-order valence-electron chi connectivity index (χ4n) is 1.07. The van der Waals surface area contributed by atoms with Gasteiger partial charge in [-0.25, -0.2) is 0 Å². The lowest BCUT2D eigenvalue weighted by molar-refractivity contribution is -0.111. The standard InChI is InChI=1S/C10H8N4OS/c15-9(11-10-12-13-14-16-10)7-6-8-4-2-1-3-5-8/h1-7H,(H,11,12,14,15)/b7-6+. The van der Waals surface area contributed by atoms with Crippen LogP contribution in [0.5, 0.6) is 0 Å². The molecule has 1 N–H and O–H groups in total. The minimum absolute atomic E-state index is 0.248. The van der Waals surface area contributed by atoms with Gasteiger partial charge in [0.1, 0.15) is 0 Å². The zero-order valence-corrected chi connectivity index (χ0v) is 9.02. The summed E-state index contributed by atoms with van der Waals surface area (Å²) >= 11 is 1.03. The minimum Gasteiger partial charge on any atom is -0.296 e. The SMILES string of the molecule is O=C(/C=C/c1ccccc1)Nc1nnns1. The topological polar surface area (TPSA) is 67.8 Å². The Morgan fingerprint density at radius 1 is 1.31 bits per heavy atom. The molecule has 1 aromatic heterocycles. The van der Waals surface area contributed by atoms with E-state index in [2.05, 4.69) is 20.1 Å². The molecule has 0 saturated heterocycles. The van der Waals surface area contributed by atoms with E-state index in [1.807, 2.05) is 30.3 Å². The highest BCUT2D eigenvalue weighted by molar-refractivity contribution is 7.09. The van der Waals surface area contributed by atoms with Crippen LogP contribution in [0.25, 0.3) is 6.08 Å². The van der Waals surface area contributed by atoms with Crippen molar-refractivity contribution >= 4 is 28.6 Å². The van der Waals surface area contributed by atoms with Crippen LogP contribution in [0.15, 0.2) is 36.4 Å². The van der Waals surface area contributed by atoms with Crippen LogP contribution in [0.1, 0.15) is 5.56 Å². The third kappa shape index (κ3) is 2.96. The van der Waals surface area contributed by atoms with Crippen molar-refractivity contribution in [3.63, 3.8) is 0 Å². The summed E-state index contributed by atoms with van der Waals surface area (Å²) < 4.78 is 3.54. The smallest absolute Gasteiger partial charge is 0.250 e. The largest absolute Gasteiger partial charge is 0.296 e. The van der Waals surface area contributed by atoms with E-state index < -0.39 is 0 Å². The van der Waals surface area contributed by atoms with Crippen molar-refractivity contribution in [2.75, 3.05) is 5.32 Å². The van der Waals surface area contributed by atoms with Gasteiger partial charge in [-0.05, 0) is 16.9 Å². The molecule has 0 fully saturated rings. The highest BCUT2D eigenvalue weighted by atomic mass is 32.1. The fraction of sp³-hybridized carbons (Fsp3) is 0. The number of anilines is 1. The Hall–Kier alpha value is -2.08. The highest BCUT2D eigenvalue weighted by Gasteiger charge is 2.00. The van der Waals surface area contributed by atoms with Crippen molar-refractivity contribution in [3.05, 3.63) is 42.0 Å². The molecular formula is C10H8N4OS. The second kappa shape index (κ2) is 5.13. The number of carbonyl (C=O) groups excluding carboxylic acids is 1. The molecule has 16 heavy (non-hydrogen) atoms. The van der Waals surface area contributed by atoms with Crippen molar-refractivity contribution in [2.24, 2.45) is 0 Å². The summed E-state index contributed by atoms with van der Waals surface area (Å²) in [6.45, 7) is 0. The van der Waals surface area contributed by atoms with Gasteiger partial charge in [0.15, 0.2) is 0 Å². The van der Waals surface area contributed by atoms with Gasteiger partial charge in [-0.3, -0.25) is 10.1 Å². The second-order valence-electron chi connectivity index (χ2n) is 2.90. The van der Waals surface area contributed by atoms with Gasteiger partial charge in [-0.1, -0.05) is 39.9 Å². The van der Waals surface area contributed by atoms with E-state index >= 15 is 0 Å². The lowest BCUT2D eigenvalue weighted by Gasteiger charge is -1.93. The quantitative estimate of drug-likeness (QED) is 0.816. The number of amides is 1. The van der Waals surface area contributed by atoms with Crippen LogP contribution in [-0.2, 0) is 4.79 Å². The summed E-state index contributed by atoms with van der Waals surface area (Å²) in [5, 5.41) is 9.92. The van der Waals surface area contributed by atoms with Crippen molar-refractivity contribution in [1.82, 2.24) is 14.8 Å². The number of hydrogen-bond acceptors (Lipinski definition) is 5. The Balaban J connectivity index is 1.95. The lowest BCUT2D eigenvalue weighted by Crippen LogP contribution is -2.07. The van der Waals surface area contributed by atoms with Crippen LogP contribution < -0.4 is 5.32 Å². The van der Waals surface area contributed by atoms with Gasteiger partial charge in [0.2, 0.25) is 11.0 Å². The molecule has 0 bridgehead atoms. The number of hydrogen-bond donors (Lipinski definition) is 1. The highest BCUT2D eigenvalue weighted by Crippen LogP contribution is 2.05. The molecule has 2 rings (SSSR count). The summed E-state index contributed by atoms with van der Waals surface area (Å²) in [6, 6.07) is 9.56. The van der Waals surface area contributed by atoms with Crippen LogP contribution in [0.2, 0.25) is 0 Å². The van der Waals surface area contributed by atoms with Gasteiger partial charge < -0.3 is 0 Å². The van der Waals surface area contributed by atoms with Gasteiger partial charge in [-0.15, -0.1) is 0 Å². The molecule has 1 aromatic carbocycles. The zero-order valence-electron chi connectivity index (χ0n) is 8.20. The Morgan fingerprint density at radius 2 is 2.12 bits per heavy atom. The molecule has 2 aromatic rings. The summed E-state index contributed by atoms with van der Waals surface area (Å²) in [6.07, 6.45) is 3.17. The first-order valence-corrected chi connectivity index (χ1v) is 5.31. The van der Waals surface area contributed by atoms with Crippen LogP contribution >= 0.6 is 11.5 Å². The van der Waals surface area contributed by atoms with E-state index in [1.54, 1.807) is 6.08 Å². The Morgan fingerprint density at radius 3 is 2.81 bits per heavy atom. The number of nitrogens with one attached hydrogen (secondary N) is 1. The van der Waals surface area contributed by atoms with E-state index in [0.29, 0.717) is 5.13 Å². The first-order chi connectivity index (χ1) is 7.84. The third-order valence-corrected chi connectivity index (χ3v) is 2.27. The van der Waals surface area contributed by atoms with Crippen molar-refractivity contribution < 1.29 is 4.79 Å². The van der Waals surface area contributed by atoms with E-state index in [0.717, 1.165) is 17.1 Å². The molecule has 1 heterocycles. The van der Waals surface area contributed by atoms with E-state index in [4.69, 9.17) is 0 Å². The minimum atomic E-state index is -0.248. The summed E-state index contributed by atoms with van der Waals surface area (Å²) in [5.74, 6) is -0.248. The first kappa shape index (κ1) is 10.4. The van der Waals surface area contributed by atoms with Crippen LogP contribution in [0, 0.1) is 0 Å². The normalized spacial score (nSPS) is 10.5. The van der Waals surface area contributed by atoms with Crippen LogP contribution in [-0.4, -0.2) is 20.7 Å². The third-order valence-electron chi connectivity index (χ3n) is 1.76. The molecule has 0 unspecified atom stereocenters. The average Bonchev–Trinajstić information content (AvgIpc) is 2.81. The molecule has 0 saturated carbocycles. The Labute approximate surface area is 96.0 Å². The van der Waals surface area contributed by atoms with Crippen molar-refractivity contribution in [1.29, 1.82) is 0 Å². The van der Waals surface area contributed by atoms with Crippen LogP contribution in [0.3, 0.4) is 0 Å². The maximum atomic E-state index is 11.4. The fourth-order valence-corrected chi connectivity index (χ4v) is 1.43. The van der Waals surface area contributed by atoms with E-state index in [-0.39, 0.29) is 5.91 Å². The van der Waals surface area contributed by atoms with Crippen molar-refractivity contribution in [3.8, 4) is 0 Å². The summed E-state index contributed by atoms with van der Waals surface area (Å²) in [4.78, 5) is 11.4. The monoisotopic (exact) mass is 232 g/mol. The van der Waals surface area contributed by atoms with E-state index in [1.165, 1.54) is 6.08 Å². The maximum absolute atomic E-state index is 11.4. The molecule has 6 heteroatoms. The summed E-state index contributed by atoms with van der Waals surface area (Å²) in [5.41, 5.74) is 0.966. The number of aromatic nitrogens is 3. The molecular weight excluding hydrogens is 224 g/mol. The van der Waals surface area contributed by atoms with Gasteiger partial charge >= 0.3 is 0 Å². The molecule has 80 valence electrons. The predicted octanol–water partition coefficient (Wildman–Crippen LogP) is 1.58. The average molecular weight is 232 g/mol. The zero-order chi connectivity index (χ0) is 11.2. The van der Waals surface area contributed by atoms with Gasteiger partial charge in [-0.2, -0.15) is 0 Å². The Bertz CT molecular complexity index is 481. The molecule has 0 atom stereocenters. The Kier molecular flexibility index (Phi) is 3.35. The molecule has 0 aliphatic heterocycles. The maximum Gasteiger partial charge on any atom is 0.250 e. The number of nitrogens with zero attached hydrogens (tertiary/aromatic N) is 3. The number of carbonyl (C=O) groups is 1. The molecule has 1 amide bonds. The lowest BCUT2D eigenvalue weighted by atomic mass is 10.2. The number of benzene rings is 1. The van der Waals surface area contributed by atoms with Crippen molar-refractivity contribution in [2.45, 2.75) is 0 Å². The second-order valence-corrected chi connectivity index (χ2v) is 3.63. The van der Waals surface area contributed by atoms with E-state index in [9.17, 15) is 4.79 Å². The van der Waals surface area contributed by atoms with Crippen LogP contribution in [0.4, 0.5) is 5.13 Å². The van der Waals surface area contributed by atoms with Gasteiger partial charge in [0, 0.05) is 17.6 Å². The predicted molar refractivity (Wildman–Crippen MR) is 61.8 cm³/mol. The summed E-state index contributed by atoms with van der Waals surface area (Å²) in [7, 11) is 0. The molecule has 0 radical (unpaired) electrons. The molecule has 0 aliphatic rings. The molecule has 0 aliphatic carbocycles. The molecule has 0 spiro atoms. The molecule has 5 nitrogen and oxygen atoms in total. The van der Waals surface area contributed by atoms with Gasteiger partial charge in [0.25, 0.3) is 0 Å². The first-order valence-electron chi connectivity index (χ1n) is 4.54. The number of rotatable bonds is 3. The van der Waals surface area contributed by atoms with Gasteiger partial charge in [0.05, 0.1) is 0 Å².